The second-order valence-electron chi connectivity index (χ2n) is 4.21. The van der Waals surface area contributed by atoms with Crippen LogP contribution in [-0.4, -0.2) is 19.2 Å². The van der Waals surface area contributed by atoms with Crippen LogP contribution in [0.25, 0.3) is 0 Å². The molecule has 4 N–H and O–H groups in total. The molecule has 1 rings (SSSR count). The second kappa shape index (κ2) is 5.14. The molecule has 15 heavy (non-hydrogen) atoms. The zero-order chi connectivity index (χ0) is 11.3. The van der Waals surface area contributed by atoms with Crippen LogP contribution in [0, 0.1) is 0 Å². The third kappa shape index (κ3) is 3.90. The summed E-state index contributed by atoms with van der Waals surface area (Å²) in [6.45, 7) is 2.50. The second-order valence-corrected chi connectivity index (χ2v) is 4.21. The Balaban J connectivity index is 2.51. The lowest BCUT2D eigenvalue weighted by molar-refractivity contribution is 0.414. The van der Waals surface area contributed by atoms with Crippen LogP contribution in [0.2, 0.25) is 0 Å². The lowest BCUT2D eigenvalue weighted by atomic mass is 9.94. The Morgan fingerprint density at radius 2 is 1.87 bits per heavy atom. The van der Waals surface area contributed by atoms with Gasteiger partial charge in [0.25, 0.3) is 0 Å². The fraction of sp³-hybridized carbons (Fsp3) is 0.500. The maximum Gasteiger partial charge on any atom is 0.118 e. The molecule has 0 spiro atoms. The Labute approximate surface area is 91.4 Å². The molecule has 0 aromatic heterocycles. The van der Waals surface area contributed by atoms with Gasteiger partial charge in [-0.1, -0.05) is 12.1 Å². The summed E-state index contributed by atoms with van der Waals surface area (Å²) in [7, 11) is 1.67. The van der Waals surface area contributed by atoms with E-state index in [4.69, 9.17) is 16.2 Å². The van der Waals surface area contributed by atoms with Gasteiger partial charge in [0.2, 0.25) is 0 Å². The van der Waals surface area contributed by atoms with Crippen LogP contribution in [0.1, 0.15) is 18.9 Å². The van der Waals surface area contributed by atoms with Gasteiger partial charge in [-0.25, -0.2) is 0 Å². The first kappa shape index (κ1) is 12.0. The molecule has 84 valence electrons. The fourth-order valence-corrected chi connectivity index (χ4v) is 1.32. The van der Waals surface area contributed by atoms with Crippen LogP contribution >= 0.6 is 0 Å². The van der Waals surface area contributed by atoms with E-state index in [0.717, 1.165) is 18.6 Å². The summed E-state index contributed by atoms with van der Waals surface area (Å²) in [5.41, 5.74) is 12.5. The van der Waals surface area contributed by atoms with Crippen molar-refractivity contribution in [1.29, 1.82) is 0 Å². The quantitative estimate of drug-likeness (QED) is 0.766. The number of ether oxygens (including phenoxy) is 1. The van der Waals surface area contributed by atoms with Crippen molar-refractivity contribution < 1.29 is 4.74 Å². The number of rotatable bonds is 5. The van der Waals surface area contributed by atoms with E-state index >= 15 is 0 Å². The van der Waals surface area contributed by atoms with E-state index < -0.39 is 0 Å². The van der Waals surface area contributed by atoms with Gasteiger partial charge in [-0.05, 0) is 37.5 Å². The van der Waals surface area contributed by atoms with Gasteiger partial charge in [-0.15, -0.1) is 0 Å². The molecule has 3 heteroatoms. The van der Waals surface area contributed by atoms with Crippen LogP contribution in [0.5, 0.6) is 5.75 Å². The molecule has 0 aliphatic heterocycles. The molecule has 1 atom stereocenters. The van der Waals surface area contributed by atoms with Gasteiger partial charge >= 0.3 is 0 Å². The van der Waals surface area contributed by atoms with Crippen molar-refractivity contribution in [3.05, 3.63) is 29.8 Å². The number of hydrogen-bond donors (Lipinski definition) is 2. The van der Waals surface area contributed by atoms with E-state index in [1.165, 1.54) is 5.56 Å². The van der Waals surface area contributed by atoms with Crippen LogP contribution in [0.15, 0.2) is 24.3 Å². The SMILES string of the molecule is COc1ccc(CCC(C)(N)CN)cc1. The van der Waals surface area contributed by atoms with E-state index in [1.54, 1.807) is 7.11 Å². The van der Waals surface area contributed by atoms with E-state index in [0.29, 0.717) is 6.54 Å². The van der Waals surface area contributed by atoms with Gasteiger partial charge in [0, 0.05) is 12.1 Å². The first-order valence-electron chi connectivity index (χ1n) is 5.19. The van der Waals surface area contributed by atoms with Gasteiger partial charge in [-0.3, -0.25) is 0 Å². The minimum absolute atomic E-state index is 0.264. The summed E-state index contributed by atoms with van der Waals surface area (Å²) in [4.78, 5) is 0. The normalized spacial score (nSPS) is 14.7. The average molecular weight is 208 g/mol. The van der Waals surface area contributed by atoms with E-state index in [1.807, 2.05) is 19.1 Å². The number of benzene rings is 1. The predicted octanol–water partition coefficient (Wildman–Crippen LogP) is 1.30. The highest BCUT2D eigenvalue weighted by Crippen LogP contribution is 2.15. The molecule has 0 heterocycles. The summed E-state index contributed by atoms with van der Waals surface area (Å²) >= 11 is 0. The summed E-state index contributed by atoms with van der Waals surface area (Å²) < 4.78 is 5.09. The number of hydrogen-bond acceptors (Lipinski definition) is 3. The lowest BCUT2D eigenvalue weighted by Crippen LogP contribution is -2.44. The lowest BCUT2D eigenvalue weighted by Gasteiger charge is -2.22. The third-order valence-electron chi connectivity index (χ3n) is 2.61. The Kier molecular flexibility index (Phi) is 4.12. The van der Waals surface area contributed by atoms with E-state index in [2.05, 4.69) is 12.1 Å². The molecule has 0 radical (unpaired) electrons. The summed E-state index contributed by atoms with van der Waals surface area (Å²) in [6.07, 6.45) is 1.85. The van der Waals surface area contributed by atoms with Crippen LogP contribution in [0.4, 0.5) is 0 Å². The highest BCUT2D eigenvalue weighted by molar-refractivity contribution is 5.27. The minimum atomic E-state index is -0.264. The Bertz CT molecular complexity index is 293. The van der Waals surface area contributed by atoms with Gasteiger partial charge < -0.3 is 16.2 Å². The molecule has 3 nitrogen and oxygen atoms in total. The number of methoxy groups -OCH3 is 1. The molecule has 0 aliphatic rings. The minimum Gasteiger partial charge on any atom is -0.497 e. The van der Waals surface area contributed by atoms with Crippen molar-refractivity contribution >= 4 is 0 Å². The highest BCUT2D eigenvalue weighted by Gasteiger charge is 2.15. The number of aryl methyl sites for hydroxylation is 1. The zero-order valence-electron chi connectivity index (χ0n) is 9.49. The van der Waals surface area contributed by atoms with Gasteiger partial charge in [-0.2, -0.15) is 0 Å². The van der Waals surface area contributed by atoms with E-state index in [-0.39, 0.29) is 5.54 Å². The van der Waals surface area contributed by atoms with E-state index in [9.17, 15) is 0 Å². The molecule has 0 saturated carbocycles. The van der Waals surface area contributed by atoms with Crippen LogP contribution in [-0.2, 0) is 6.42 Å². The summed E-state index contributed by atoms with van der Waals surface area (Å²) in [6, 6.07) is 8.05. The smallest absolute Gasteiger partial charge is 0.118 e. The van der Waals surface area contributed by atoms with Gasteiger partial charge in [0.05, 0.1) is 7.11 Å². The standard InChI is InChI=1S/C12H20N2O/c1-12(14,9-13)8-7-10-3-5-11(15-2)6-4-10/h3-6H,7-9,13-14H2,1-2H3. The maximum absolute atomic E-state index is 5.97. The van der Waals surface area contributed by atoms with Gasteiger partial charge in [0.1, 0.15) is 5.75 Å². The predicted molar refractivity (Wildman–Crippen MR) is 63.0 cm³/mol. The molecule has 0 amide bonds. The Morgan fingerprint density at radius 3 is 2.33 bits per heavy atom. The molecular weight excluding hydrogens is 188 g/mol. The number of nitrogens with two attached hydrogens (primary N) is 2. The van der Waals surface area contributed by atoms with Crippen molar-refractivity contribution in [2.45, 2.75) is 25.3 Å². The highest BCUT2D eigenvalue weighted by atomic mass is 16.5. The molecule has 0 fully saturated rings. The van der Waals surface area contributed by atoms with Crippen LogP contribution in [0.3, 0.4) is 0 Å². The summed E-state index contributed by atoms with van der Waals surface area (Å²) in [5, 5.41) is 0. The Hall–Kier alpha value is -1.06. The maximum atomic E-state index is 5.97. The zero-order valence-corrected chi connectivity index (χ0v) is 9.49. The molecule has 0 saturated heterocycles. The van der Waals surface area contributed by atoms with Gasteiger partial charge in [0.15, 0.2) is 0 Å². The molecular formula is C12H20N2O. The van der Waals surface area contributed by atoms with Crippen molar-refractivity contribution in [3.63, 3.8) is 0 Å². The first-order chi connectivity index (χ1) is 7.07. The van der Waals surface area contributed by atoms with Crippen molar-refractivity contribution in [1.82, 2.24) is 0 Å². The fourth-order valence-electron chi connectivity index (χ4n) is 1.32. The molecule has 1 aromatic rings. The summed E-state index contributed by atoms with van der Waals surface area (Å²) in [5.74, 6) is 0.882. The van der Waals surface area contributed by atoms with Crippen molar-refractivity contribution in [3.8, 4) is 5.75 Å². The van der Waals surface area contributed by atoms with Crippen molar-refractivity contribution in [2.75, 3.05) is 13.7 Å². The molecule has 1 unspecified atom stereocenters. The molecule has 0 aliphatic carbocycles. The Morgan fingerprint density at radius 1 is 1.27 bits per heavy atom. The first-order valence-corrected chi connectivity index (χ1v) is 5.19. The third-order valence-corrected chi connectivity index (χ3v) is 2.61. The monoisotopic (exact) mass is 208 g/mol. The largest absolute Gasteiger partial charge is 0.497 e. The molecule has 1 aromatic carbocycles. The van der Waals surface area contributed by atoms with Crippen molar-refractivity contribution in [2.24, 2.45) is 11.5 Å². The topological polar surface area (TPSA) is 61.3 Å². The van der Waals surface area contributed by atoms with Crippen LogP contribution < -0.4 is 16.2 Å². The molecule has 0 bridgehead atoms. The average Bonchev–Trinajstić information content (AvgIpc) is 2.27.